The van der Waals surface area contributed by atoms with E-state index in [1.165, 1.54) is 19.4 Å². The molecule has 0 aliphatic heterocycles. The minimum atomic E-state index is 0.236. The molecule has 0 aliphatic carbocycles. The number of nitrogens with one attached hydrogen (secondary N) is 1. The van der Waals surface area contributed by atoms with E-state index in [-0.39, 0.29) is 5.54 Å². The van der Waals surface area contributed by atoms with Crippen LogP contribution in [0.25, 0.3) is 0 Å². The normalized spacial score (nSPS) is 15.2. The first kappa shape index (κ1) is 17.9. The van der Waals surface area contributed by atoms with Gasteiger partial charge < -0.3 is 10.2 Å². The van der Waals surface area contributed by atoms with Gasteiger partial charge in [0.25, 0.3) is 0 Å². The van der Waals surface area contributed by atoms with Crippen LogP contribution in [0.5, 0.6) is 0 Å². The first-order valence-electron chi connectivity index (χ1n) is 7.43. The molecule has 1 atom stereocenters. The fraction of sp³-hybridized carbons (Fsp3) is 1.00. The van der Waals surface area contributed by atoms with Gasteiger partial charge in [0.05, 0.1) is 0 Å². The third kappa shape index (κ3) is 12.4. The minimum absolute atomic E-state index is 0.236. The Labute approximate surface area is 116 Å². The number of nitrogens with zero attached hydrogens (tertiary/aromatic N) is 1. The molecular weight excluding hydrogens is 220 g/mol. The lowest BCUT2D eigenvalue weighted by Crippen LogP contribution is -2.40. The minimum Gasteiger partial charge on any atom is -0.311 e. The van der Waals surface area contributed by atoms with E-state index in [4.69, 9.17) is 0 Å². The molecule has 0 bridgehead atoms. The Bertz CT molecular complexity index is 210. The van der Waals surface area contributed by atoms with Gasteiger partial charge in [-0.05, 0) is 58.5 Å². The van der Waals surface area contributed by atoms with Crippen molar-refractivity contribution in [2.75, 3.05) is 26.7 Å². The summed E-state index contributed by atoms with van der Waals surface area (Å²) in [6, 6.07) is 0. The van der Waals surface area contributed by atoms with Crippen molar-refractivity contribution in [3.8, 4) is 0 Å². The lowest BCUT2D eigenvalue weighted by atomic mass is 9.84. The Morgan fingerprint density at radius 1 is 1.00 bits per heavy atom. The molecule has 0 amide bonds. The summed E-state index contributed by atoms with van der Waals surface area (Å²) in [7, 11) is 2.23. The summed E-state index contributed by atoms with van der Waals surface area (Å²) >= 11 is 0. The first-order valence-corrected chi connectivity index (χ1v) is 7.43. The maximum absolute atomic E-state index is 3.54. The van der Waals surface area contributed by atoms with E-state index >= 15 is 0 Å². The van der Waals surface area contributed by atoms with E-state index in [0.717, 1.165) is 19.0 Å². The zero-order valence-corrected chi connectivity index (χ0v) is 14.1. The summed E-state index contributed by atoms with van der Waals surface area (Å²) in [4.78, 5) is 2.44. The lowest BCUT2D eigenvalue weighted by molar-refractivity contribution is 0.250. The van der Waals surface area contributed by atoms with Crippen LogP contribution >= 0.6 is 0 Å². The van der Waals surface area contributed by atoms with Crippen molar-refractivity contribution < 1.29 is 0 Å². The van der Waals surface area contributed by atoms with Crippen LogP contribution in [0.15, 0.2) is 0 Å². The summed E-state index contributed by atoms with van der Waals surface area (Å²) in [5.74, 6) is 0.822. The predicted octanol–water partition coefficient (Wildman–Crippen LogP) is 3.77. The molecule has 0 fully saturated rings. The molecule has 0 heterocycles. The molecule has 0 aromatic carbocycles. The highest BCUT2D eigenvalue weighted by Crippen LogP contribution is 2.25. The fourth-order valence-corrected chi connectivity index (χ4v) is 2.32. The molecule has 0 aromatic rings. The average Bonchev–Trinajstić information content (AvgIpc) is 2.09. The molecule has 18 heavy (non-hydrogen) atoms. The van der Waals surface area contributed by atoms with E-state index in [0.29, 0.717) is 5.41 Å². The molecule has 0 radical (unpaired) electrons. The van der Waals surface area contributed by atoms with Crippen LogP contribution in [-0.2, 0) is 0 Å². The molecule has 0 spiro atoms. The quantitative estimate of drug-likeness (QED) is 0.746. The second kappa shape index (κ2) is 7.49. The monoisotopic (exact) mass is 256 g/mol. The van der Waals surface area contributed by atoms with Crippen molar-refractivity contribution in [1.29, 1.82) is 0 Å². The van der Waals surface area contributed by atoms with Crippen LogP contribution in [-0.4, -0.2) is 37.1 Å². The molecule has 0 aliphatic rings. The van der Waals surface area contributed by atoms with Gasteiger partial charge >= 0.3 is 0 Å². The van der Waals surface area contributed by atoms with Gasteiger partial charge in [-0.15, -0.1) is 0 Å². The molecule has 1 N–H and O–H groups in total. The highest BCUT2D eigenvalue weighted by Gasteiger charge is 2.15. The largest absolute Gasteiger partial charge is 0.311 e. The Hall–Kier alpha value is -0.0800. The van der Waals surface area contributed by atoms with Gasteiger partial charge in [-0.1, -0.05) is 27.7 Å². The van der Waals surface area contributed by atoms with E-state index in [9.17, 15) is 0 Å². The topological polar surface area (TPSA) is 15.3 Å². The maximum atomic E-state index is 3.54. The van der Waals surface area contributed by atoms with E-state index < -0.39 is 0 Å². The summed E-state index contributed by atoms with van der Waals surface area (Å²) in [6.45, 7) is 19.5. The zero-order chi connectivity index (χ0) is 14.4. The standard InChI is InChI=1S/C16H36N2/c1-14(13-15(2,3)4)9-11-18(8)12-10-17-16(5,6)7/h14,17H,9-13H2,1-8H3. The average molecular weight is 256 g/mol. The van der Waals surface area contributed by atoms with Crippen LogP contribution in [0.2, 0.25) is 0 Å². The van der Waals surface area contributed by atoms with Crippen LogP contribution < -0.4 is 5.32 Å². The van der Waals surface area contributed by atoms with Crippen molar-refractivity contribution >= 4 is 0 Å². The van der Waals surface area contributed by atoms with Gasteiger partial charge in [0, 0.05) is 18.6 Å². The van der Waals surface area contributed by atoms with Gasteiger partial charge in [-0.25, -0.2) is 0 Å². The first-order chi connectivity index (χ1) is 7.99. The molecule has 1 unspecified atom stereocenters. The smallest absolute Gasteiger partial charge is 0.0104 e. The zero-order valence-electron chi connectivity index (χ0n) is 14.1. The summed E-state index contributed by atoms with van der Waals surface area (Å²) in [5, 5.41) is 3.54. The van der Waals surface area contributed by atoms with Gasteiger partial charge in [0.2, 0.25) is 0 Å². The fourth-order valence-electron chi connectivity index (χ4n) is 2.32. The Morgan fingerprint density at radius 2 is 1.56 bits per heavy atom. The van der Waals surface area contributed by atoms with E-state index in [2.05, 4.69) is 65.7 Å². The SMILES string of the molecule is CC(CCN(C)CCNC(C)(C)C)CC(C)(C)C. The predicted molar refractivity (Wildman–Crippen MR) is 83.1 cm³/mol. The number of likely N-dealkylation sites (N-methyl/N-ethyl adjacent to an activating group) is 1. The van der Waals surface area contributed by atoms with Crippen molar-refractivity contribution in [2.24, 2.45) is 11.3 Å². The summed E-state index contributed by atoms with van der Waals surface area (Å²) < 4.78 is 0. The number of rotatable bonds is 7. The Balaban J connectivity index is 3.67. The third-order valence-electron chi connectivity index (χ3n) is 3.11. The van der Waals surface area contributed by atoms with Gasteiger partial charge in [-0.3, -0.25) is 0 Å². The van der Waals surface area contributed by atoms with Crippen molar-refractivity contribution in [1.82, 2.24) is 10.2 Å². The molecule has 2 nitrogen and oxygen atoms in total. The van der Waals surface area contributed by atoms with Crippen molar-refractivity contribution in [3.63, 3.8) is 0 Å². The van der Waals surface area contributed by atoms with Crippen molar-refractivity contribution in [3.05, 3.63) is 0 Å². The summed E-state index contributed by atoms with van der Waals surface area (Å²) in [5.41, 5.74) is 0.701. The number of hydrogen-bond acceptors (Lipinski definition) is 2. The van der Waals surface area contributed by atoms with Crippen LogP contribution in [0.4, 0.5) is 0 Å². The van der Waals surface area contributed by atoms with Gasteiger partial charge in [0.1, 0.15) is 0 Å². The van der Waals surface area contributed by atoms with E-state index in [1.54, 1.807) is 0 Å². The van der Waals surface area contributed by atoms with Crippen molar-refractivity contribution in [2.45, 2.75) is 66.8 Å². The molecule has 0 saturated heterocycles. The van der Waals surface area contributed by atoms with Gasteiger partial charge in [-0.2, -0.15) is 0 Å². The Kier molecular flexibility index (Phi) is 7.46. The molecule has 0 aromatic heterocycles. The van der Waals surface area contributed by atoms with Crippen LogP contribution in [0.3, 0.4) is 0 Å². The third-order valence-corrected chi connectivity index (χ3v) is 3.11. The second-order valence-corrected chi connectivity index (χ2v) is 8.14. The highest BCUT2D eigenvalue weighted by atomic mass is 15.1. The highest BCUT2D eigenvalue weighted by molar-refractivity contribution is 4.71. The number of hydrogen-bond donors (Lipinski definition) is 1. The molecule has 0 rings (SSSR count). The van der Waals surface area contributed by atoms with E-state index in [1.807, 2.05) is 0 Å². The maximum Gasteiger partial charge on any atom is 0.0104 e. The van der Waals surface area contributed by atoms with Crippen LogP contribution in [0, 0.1) is 11.3 Å². The molecule has 0 saturated carbocycles. The molecular formula is C16H36N2. The molecule has 2 heteroatoms. The Morgan fingerprint density at radius 3 is 2.00 bits per heavy atom. The second-order valence-electron chi connectivity index (χ2n) is 8.14. The lowest BCUT2D eigenvalue weighted by Gasteiger charge is -2.26. The summed E-state index contributed by atoms with van der Waals surface area (Å²) in [6.07, 6.45) is 2.63. The van der Waals surface area contributed by atoms with Gasteiger partial charge in [0.15, 0.2) is 0 Å². The molecule has 110 valence electrons. The van der Waals surface area contributed by atoms with Crippen LogP contribution in [0.1, 0.15) is 61.3 Å².